The molecule has 0 amide bonds. The fraction of sp³-hybridized carbons (Fsp3) is 0.467. The van der Waals surface area contributed by atoms with Gasteiger partial charge in [-0.15, -0.1) is 0 Å². The van der Waals surface area contributed by atoms with Gasteiger partial charge in [0.05, 0.1) is 18.2 Å². The second kappa shape index (κ2) is 6.90. The van der Waals surface area contributed by atoms with Crippen LogP contribution in [0, 0.1) is 17.1 Å². The number of nitrogens with zero attached hydrogens (tertiary/aromatic N) is 2. The molecule has 0 bridgehead atoms. The van der Waals surface area contributed by atoms with Crippen molar-refractivity contribution in [3.8, 4) is 6.07 Å². The van der Waals surface area contributed by atoms with E-state index in [4.69, 9.17) is 11.0 Å². The summed E-state index contributed by atoms with van der Waals surface area (Å²) >= 11 is 0. The van der Waals surface area contributed by atoms with Gasteiger partial charge in [-0.3, -0.25) is 0 Å². The fourth-order valence-corrected chi connectivity index (χ4v) is 2.42. The van der Waals surface area contributed by atoms with Crippen LogP contribution in [-0.2, 0) is 6.54 Å². The van der Waals surface area contributed by atoms with Crippen molar-refractivity contribution in [1.29, 1.82) is 5.26 Å². The zero-order chi connectivity index (χ0) is 14.4. The molecule has 0 saturated heterocycles. The number of nitrogens with two attached hydrogens (primary N) is 1. The number of nitriles is 1. The van der Waals surface area contributed by atoms with Crippen LogP contribution in [0.3, 0.4) is 0 Å². The van der Waals surface area contributed by atoms with E-state index >= 15 is 0 Å². The molecule has 106 valence electrons. The molecular weight excluding hydrogens is 255 g/mol. The van der Waals surface area contributed by atoms with Crippen molar-refractivity contribution in [2.45, 2.75) is 44.7 Å². The summed E-state index contributed by atoms with van der Waals surface area (Å²) in [6.07, 6.45) is 5.94. The molecule has 0 radical (unpaired) electrons. The highest BCUT2D eigenvalue weighted by molar-refractivity contribution is 5.78. The van der Waals surface area contributed by atoms with Crippen molar-refractivity contribution in [2.24, 2.45) is 10.7 Å². The molecule has 1 saturated carbocycles. The first-order chi connectivity index (χ1) is 9.69. The monoisotopic (exact) mass is 274 g/mol. The van der Waals surface area contributed by atoms with E-state index < -0.39 is 5.82 Å². The molecule has 0 aliphatic heterocycles. The Morgan fingerprint density at radius 3 is 2.80 bits per heavy atom. The van der Waals surface area contributed by atoms with Crippen LogP contribution in [-0.4, -0.2) is 12.0 Å². The van der Waals surface area contributed by atoms with Gasteiger partial charge in [-0.05, 0) is 25.0 Å². The summed E-state index contributed by atoms with van der Waals surface area (Å²) in [6.45, 7) is 0.184. The highest BCUT2D eigenvalue weighted by atomic mass is 19.1. The Morgan fingerprint density at radius 1 is 1.40 bits per heavy atom. The van der Waals surface area contributed by atoms with Gasteiger partial charge in [0.1, 0.15) is 5.82 Å². The number of hydrogen-bond donors (Lipinski definition) is 2. The van der Waals surface area contributed by atoms with Gasteiger partial charge in [-0.2, -0.15) is 5.26 Å². The van der Waals surface area contributed by atoms with E-state index in [0.29, 0.717) is 23.1 Å². The van der Waals surface area contributed by atoms with Gasteiger partial charge in [0.15, 0.2) is 5.96 Å². The molecular formula is C15H19FN4. The number of hydrogen-bond acceptors (Lipinski definition) is 2. The van der Waals surface area contributed by atoms with Crippen LogP contribution < -0.4 is 11.1 Å². The number of guanidine groups is 1. The number of halogens is 1. The number of aliphatic imine (C=N–C) groups is 1. The largest absolute Gasteiger partial charge is 0.370 e. The Hall–Kier alpha value is -2.09. The predicted molar refractivity (Wildman–Crippen MR) is 76.5 cm³/mol. The summed E-state index contributed by atoms with van der Waals surface area (Å²) < 4.78 is 13.7. The van der Waals surface area contributed by atoms with Crippen molar-refractivity contribution in [1.82, 2.24) is 5.32 Å². The molecule has 5 heteroatoms. The van der Waals surface area contributed by atoms with Gasteiger partial charge in [0.25, 0.3) is 0 Å². The minimum atomic E-state index is -0.418. The molecule has 1 aliphatic rings. The van der Waals surface area contributed by atoms with E-state index in [2.05, 4.69) is 10.3 Å². The summed E-state index contributed by atoms with van der Waals surface area (Å²) in [5.74, 6) is -0.0565. The smallest absolute Gasteiger partial charge is 0.189 e. The molecule has 2 rings (SSSR count). The summed E-state index contributed by atoms with van der Waals surface area (Å²) in [5.41, 5.74) is 6.57. The Morgan fingerprint density at radius 2 is 2.15 bits per heavy atom. The Bertz CT molecular complexity index is 527. The predicted octanol–water partition coefficient (Wildman–Crippen LogP) is 2.43. The third-order valence-electron chi connectivity index (χ3n) is 3.56. The van der Waals surface area contributed by atoms with E-state index in [1.54, 1.807) is 12.1 Å². The Kier molecular flexibility index (Phi) is 4.94. The van der Waals surface area contributed by atoms with Gasteiger partial charge >= 0.3 is 0 Å². The topological polar surface area (TPSA) is 74.2 Å². The minimum absolute atomic E-state index is 0.184. The summed E-state index contributed by atoms with van der Waals surface area (Å²) in [7, 11) is 0. The van der Waals surface area contributed by atoms with Crippen LogP contribution >= 0.6 is 0 Å². The molecule has 1 aromatic carbocycles. The van der Waals surface area contributed by atoms with Crippen LogP contribution in [0.5, 0.6) is 0 Å². The Balaban J connectivity index is 1.92. The minimum Gasteiger partial charge on any atom is -0.370 e. The van der Waals surface area contributed by atoms with Crippen molar-refractivity contribution in [3.63, 3.8) is 0 Å². The normalized spacial score (nSPS) is 16.7. The maximum absolute atomic E-state index is 13.7. The first-order valence-electron chi connectivity index (χ1n) is 6.94. The van der Waals surface area contributed by atoms with Gasteiger partial charge in [-0.25, -0.2) is 9.38 Å². The van der Waals surface area contributed by atoms with Gasteiger partial charge in [0.2, 0.25) is 0 Å². The molecule has 20 heavy (non-hydrogen) atoms. The van der Waals surface area contributed by atoms with Gasteiger partial charge in [-0.1, -0.05) is 25.3 Å². The van der Waals surface area contributed by atoms with Crippen molar-refractivity contribution >= 4 is 5.96 Å². The summed E-state index contributed by atoms with van der Waals surface area (Å²) in [5, 5.41) is 11.9. The quantitative estimate of drug-likeness (QED) is 0.656. The molecule has 1 aromatic rings. The average Bonchev–Trinajstić information content (AvgIpc) is 2.47. The van der Waals surface area contributed by atoms with E-state index in [0.717, 1.165) is 12.8 Å². The zero-order valence-corrected chi connectivity index (χ0v) is 11.4. The first kappa shape index (κ1) is 14.3. The third kappa shape index (κ3) is 3.95. The van der Waals surface area contributed by atoms with Crippen LogP contribution in [0.1, 0.15) is 43.2 Å². The maximum atomic E-state index is 13.7. The second-order valence-electron chi connectivity index (χ2n) is 5.10. The fourth-order valence-electron chi connectivity index (χ4n) is 2.42. The molecule has 4 nitrogen and oxygen atoms in total. The molecule has 0 atom stereocenters. The zero-order valence-electron chi connectivity index (χ0n) is 11.4. The lowest BCUT2D eigenvalue weighted by atomic mass is 9.96. The lowest BCUT2D eigenvalue weighted by Gasteiger charge is -2.23. The summed E-state index contributed by atoms with van der Waals surface area (Å²) in [6, 6.07) is 6.66. The second-order valence-corrected chi connectivity index (χ2v) is 5.10. The first-order valence-corrected chi connectivity index (χ1v) is 6.94. The molecule has 0 unspecified atom stereocenters. The standard InChI is InChI=1S/C15H19FN4/c16-14-8-11(9-17)6-7-12(14)10-19-15(18)20-13-4-2-1-3-5-13/h6-8,13H,1-5,10H2,(H3,18,19,20). The highest BCUT2D eigenvalue weighted by Crippen LogP contribution is 2.17. The van der Waals surface area contributed by atoms with E-state index in [9.17, 15) is 4.39 Å². The van der Waals surface area contributed by atoms with E-state index in [1.807, 2.05) is 6.07 Å². The Labute approximate surface area is 118 Å². The number of nitrogens with one attached hydrogen (secondary N) is 1. The molecule has 0 aromatic heterocycles. The van der Waals surface area contributed by atoms with Crippen LogP contribution in [0.4, 0.5) is 4.39 Å². The molecule has 1 aliphatic carbocycles. The summed E-state index contributed by atoms with van der Waals surface area (Å²) in [4.78, 5) is 4.17. The highest BCUT2D eigenvalue weighted by Gasteiger charge is 2.13. The maximum Gasteiger partial charge on any atom is 0.189 e. The van der Waals surface area contributed by atoms with Crippen LogP contribution in [0.2, 0.25) is 0 Å². The third-order valence-corrected chi connectivity index (χ3v) is 3.56. The van der Waals surface area contributed by atoms with Crippen molar-refractivity contribution in [3.05, 3.63) is 35.1 Å². The number of benzene rings is 1. The number of rotatable bonds is 3. The van der Waals surface area contributed by atoms with Gasteiger partial charge in [0, 0.05) is 11.6 Å². The van der Waals surface area contributed by atoms with E-state index in [1.165, 1.54) is 25.3 Å². The van der Waals surface area contributed by atoms with Crippen LogP contribution in [0.15, 0.2) is 23.2 Å². The lowest BCUT2D eigenvalue weighted by Crippen LogP contribution is -2.41. The van der Waals surface area contributed by atoms with E-state index in [-0.39, 0.29) is 6.54 Å². The van der Waals surface area contributed by atoms with Gasteiger partial charge < -0.3 is 11.1 Å². The van der Waals surface area contributed by atoms with Crippen molar-refractivity contribution in [2.75, 3.05) is 0 Å². The SMILES string of the molecule is N#Cc1ccc(CN=C(N)NC2CCCCC2)c(F)c1. The molecule has 0 heterocycles. The van der Waals surface area contributed by atoms with Crippen LogP contribution in [0.25, 0.3) is 0 Å². The molecule has 1 fully saturated rings. The lowest BCUT2D eigenvalue weighted by molar-refractivity contribution is 0.412. The molecule has 0 spiro atoms. The average molecular weight is 274 g/mol. The van der Waals surface area contributed by atoms with Crippen molar-refractivity contribution < 1.29 is 4.39 Å². The molecule has 3 N–H and O–H groups in total.